The van der Waals surface area contributed by atoms with E-state index in [4.69, 9.17) is 0 Å². The Labute approximate surface area is 88.8 Å². The summed E-state index contributed by atoms with van der Waals surface area (Å²) in [6.07, 6.45) is 1.02. The van der Waals surface area contributed by atoms with Crippen molar-refractivity contribution in [3.8, 4) is 0 Å². The maximum atomic E-state index is 4.61. The summed E-state index contributed by atoms with van der Waals surface area (Å²) < 4.78 is 1.36. The number of nitrogens with zero attached hydrogens (tertiary/aromatic N) is 1. The lowest BCUT2D eigenvalue weighted by molar-refractivity contribution is 0.869. The van der Waals surface area contributed by atoms with Gasteiger partial charge in [-0.2, -0.15) is 0 Å². The standard InChI is InChI=1S/C12H15NS/c1-4-9-7-10(8(2)3)12-11(13-9)5-6-14-12/h5-8H,4H2,1-3H3. The van der Waals surface area contributed by atoms with Gasteiger partial charge < -0.3 is 0 Å². The van der Waals surface area contributed by atoms with E-state index in [1.165, 1.54) is 16.0 Å². The van der Waals surface area contributed by atoms with Gasteiger partial charge in [0, 0.05) is 5.69 Å². The molecule has 2 aromatic heterocycles. The van der Waals surface area contributed by atoms with E-state index in [0.717, 1.165) is 11.9 Å². The zero-order chi connectivity index (χ0) is 10.1. The van der Waals surface area contributed by atoms with Gasteiger partial charge >= 0.3 is 0 Å². The van der Waals surface area contributed by atoms with Crippen molar-refractivity contribution in [2.24, 2.45) is 0 Å². The number of rotatable bonds is 2. The maximum absolute atomic E-state index is 4.61. The fourth-order valence-electron chi connectivity index (χ4n) is 1.65. The Morgan fingerprint density at radius 2 is 2.21 bits per heavy atom. The van der Waals surface area contributed by atoms with Gasteiger partial charge in [0.25, 0.3) is 0 Å². The Balaban J connectivity index is 2.70. The van der Waals surface area contributed by atoms with Crippen LogP contribution in [-0.2, 0) is 6.42 Å². The highest BCUT2D eigenvalue weighted by molar-refractivity contribution is 7.17. The molecule has 0 amide bonds. The number of hydrogen-bond donors (Lipinski definition) is 0. The van der Waals surface area contributed by atoms with Crippen LogP contribution in [0.5, 0.6) is 0 Å². The van der Waals surface area contributed by atoms with E-state index in [1.54, 1.807) is 11.3 Å². The lowest BCUT2D eigenvalue weighted by Crippen LogP contribution is -1.93. The first-order valence-corrected chi connectivity index (χ1v) is 5.97. The summed E-state index contributed by atoms with van der Waals surface area (Å²) >= 11 is 1.80. The molecule has 0 saturated carbocycles. The third kappa shape index (κ3) is 1.55. The van der Waals surface area contributed by atoms with Crippen LogP contribution in [0.15, 0.2) is 17.5 Å². The highest BCUT2D eigenvalue weighted by Crippen LogP contribution is 2.29. The quantitative estimate of drug-likeness (QED) is 0.722. The Kier molecular flexibility index (Phi) is 2.55. The molecule has 14 heavy (non-hydrogen) atoms. The van der Waals surface area contributed by atoms with Gasteiger partial charge in [0.1, 0.15) is 0 Å². The molecule has 0 radical (unpaired) electrons. The van der Waals surface area contributed by atoms with Crippen LogP contribution in [0.4, 0.5) is 0 Å². The molecule has 2 rings (SSSR count). The van der Waals surface area contributed by atoms with Crippen molar-refractivity contribution in [1.82, 2.24) is 4.98 Å². The second-order valence-corrected chi connectivity index (χ2v) is 4.76. The first-order valence-electron chi connectivity index (χ1n) is 5.09. The third-order valence-corrected chi connectivity index (χ3v) is 3.43. The molecule has 0 aliphatic rings. The molecule has 1 nitrogen and oxygen atoms in total. The van der Waals surface area contributed by atoms with Crippen LogP contribution in [0, 0.1) is 0 Å². The SMILES string of the molecule is CCc1cc(C(C)C)c2sccc2n1. The van der Waals surface area contributed by atoms with Gasteiger partial charge in [0.05, 0.1) is 10.2 Å². The highest BCUT2D eigenvalue weighted by Gasteiger charge is 2.08. The van der Waals surface area contributed by atoms with Crippen molar-refractivity contribution in [3.63, 3.8) is 0 Å². The first kappa shape index (κ1) is 9.66. The summed E-state index contributed by atoms with van der Waals surface area (Å²) in [7, 11) is 0. The number of pyridine rings is 1. The topological polar surface area (TPSA) is 12.9 Å². The summed E-state index contributed by atoms with van der Waals surface area (Å²) in [4.78, 5) is 4.61. The van der Waals surface area contributed by atoms with E-state index >= 15 is 0 Å². The smallest absolute Gasteiger partial charge is 0.0815 e. The molecule has 2 heteroatoms. The summed E-state index contributed by atoms with van der Waals surface area (Å²) in [6, 6.07) is 4.37. The zero-order valence-electron chi connectivity index (χ0n) is 8.87. The van der Waals surface area contributed by atoms with Crippen LogP contribution in [0.25, 0.3) is 10.2 Å². The molecular weight excluding hydrogens is 190 g/mol. The van der Waals surface area contributed by atoms with Crippen molar-refractivity contribution in [2.75, 3.05) is 0 Å². The molecule has 0 atom stereocenters. The molecule has 74 valence electrons. The summed E-state index contributed by atoms with van der Waals surface area (Å²) in [5, 5.41) is 2.13. The van der Waals surface area contributed by atoms with Gasteiger partial charge in [-0.15, -0.1) is 11.3 Å². The van der Waals surface area contributed by atoms with Crippen LogP contribution in [0.3, 0.4) is 0 Å². The molecule has 0 aromatic carbocycles. The van der Waals surface area contributed by atoms with Gasteiger partial charge in [-0.3, -0.25) is 4.98 Å². The normalized spacial score (nSPS) is 11.4. The Morgan fingerprint density at radius 1 is 1.43 bits per heavy atom. The van der Waals surface area contributed by atoms with Crippen molar-refractivity contribution in [3.05, 3.63) is 28.8 Å². The Morgan fingerprint density at radius 3 is 2.86 bits per heavy atom. The number of aryl methyl sites for hydroxylation is 1. The van der Waals surface area contributed by atoms with Crippen LogP contribution in [0.1, 0.15) is 37.9 Å². The molecule has 2 heterocycles. The number of aromatic nitrogens is 1. The summed E-state index contributed by atoms with van der Waals surface area (Å²) in [5.74, 6) is 0.587. The molecule has 0 spiro atoms. The van der Waals surface area contributed by atoms with Gasteiger partial charge in [-0.1, -0.05) is 20.8 Å². The Bertz CT molecular complexity index is 443. The summed E-state index contributed by atoms with van der Waals surface area (Å²) in [6.45, 7) is 6.65. The maximum Gasteiger partial charge on any atom is 0.0815 e. The molecule has 0 unspecified atom stereocenters. The Hall–Kier alpha value is -0.890. The average Bonchev–Trinajstić information content (AvgIpc) is 2.63. The van der Waals surface area contributed by atoms with E-state index in [9.17, 15) is 0 Å². The number of hydrogen-bond acceptors (Lipinski definition) is 2. The van der Waals surface area contributed by atoms with E-state index in [1.807, 2.05) is 0 Å². The molecule has 0 aliphatic heterocycles. The molecule has 2 aromatic rings. The predicted octanol–water partition coefficient (Wildman–Crippen LogP) is 3.98. The first-order chi connectivity index (χ1) is 6.72. The molecule has 0 fully saturated rings. The second kappa shape index (κ2) is 3.70. The molecule has 0 saturated heterocycles. The number of fused-ring (bicyclic) bond motifs is 1. The third-order valence-electron chi connectivity index (χ3n) is 2.48. The zero-order valence-corrected chi connectivity index (χ0v) is 9.69. The molecule has 0 bridgehead atoms. The van der Waals surface area contributed by atoms with E-state index in [0.29, 0.717) is 5.92 Å². The minimum absolute atomic E-state index is 0.587. The van der Waals surface area contributed by atoms with Gasteiger partial charge in [0.15, 0.2) is 0 Å². The van der Waals surface area contributed by atoms with Crippen molar-refractivity contribution in [1.29, 1.82) is 0 Å². The minimum Gasteiger partial charge on any atom is -0.252 e. The van der Waals surface area contributed by atoms with Gasteiger partial charge in [-0.05, 0) is 35.4 Å². The van der Waals surface area contributed by atoms with Gasteiger partial charge in [-0.25, -0.2) is 0 Å². The van der Waals surface area contributed by atoms with Crippen molar-refractivity contribution >= 4 is 21.6 Å². The van der Waals surface area contributed by atoms with Crippen LogP contribution >= 0.6 is 11.3 Å². The monoisotopic (exact) mass is 205 g/mol. The second-order valence-electron chi connectivity index (χ2n) is 3.85. The van der Waals surface area contributed by atoms with E-state index < -0.39 is 0 Å². The largest absolute Gasteiger partial charge is 0.252 e. The molecule has 0 N–H and O–H groups in total. The highest BCUT2D eigenvalue weighted by atomic mass is 32.1. The molecule has 0 aliphatic carbocycles. The molecular formula is C12H15NS. The fourth-order valence-corrected chi connectivity index (χ4v) is 2.65. The van der Waals surface area contributed by atoms with Crippen molar-refractivity contribution < 1.29 is 0 Å². The lowest BCUT2D eigenvalue weighted by Gasteiger charge is -2.08. The summed E-state index contributed by atoms with van der Waals surface area (Å²) in [5.41, 5.74) is 3.82. The van der Waals surface area contributed by atoms with E-state index in [2.05, 4.69) is 43.3 Å². The van der Waals surface area contributed by atoms with Crippen LogP contribution < -0.4 is 0 Å². The fraction of sp³-hybridized carbons (Fsp3) is 0.417. The van der Waals surface area contributed by atoms with Gasteiger partial charge in [0.2, 0.25) is 0 Å². The van der Waals surface area contributed by atoms with Crippen LogP contribution in [-0.4, -0.2) is 4.98 Å². The number of thiophene rings is 1. The van der Waals surface area contributed by atoms with E-state index in [-0.39, 0.29) is 0 Å². The predicted molar refractivity (Wildman–Crippen MR) is 63.1 cm³/mol. The lowest BCUT2D eigenvalue weighted by atomic mass is 10.0. The van der Waals surface area contributed by atoms with Crippen LogP contribution in [0.2, 0.25) is 0 Å². The van der Waals surface area contributed by atoms with Crippen molar-refractivity contribution in [2.45, 2.75) is 33.1 Å². The average molecular weight is 205 g/mol. The minimum atomic E-state index is 0.587.